The zero-order valence-electron chi connectivity index (χ0n) is 11.9. The molecule has 0 bridgehead atoms. The monoisotopic (exact) mass is 285 g/mol. The molecule has 0 aliphatic heterocycles. The van der Waals surface area contributed by atoms with Gasteiger partial charge in [-0.05, 0) is 54.8 Å². The van der Waals surface area contributed by atoms with Crippen molar-refractivity contribution in [2.24, 2.45) is 4.99 Å². The quantitative estimate of drug-likeness (QED) is 0.825. The maximum atomic E-state index is 13.4. The molecule has 108 valence electrons. The highest BCUT2D eigenvalue weighted by Crippen LogP contribution is 2.29. The maximum Gasteiger partial charge on any atom is 0.165 e. The van der Waals surface area contributed by atoms with Crippen molar-refractivity contribution < 1.29 is 14.6 Å². The summed E-state index contributed by atoms with van der Waals surface area (Å²) in [6.07, 6.45) is 1.64. The molecule has 0 spiro atoms. The Morgan fingerprint density at radius 3 is 2.57 bits per heavy atom. The van der Waals surface area contributed by atoms with E-state index in [1.807, 2.05) is 6.92 Å². The van der Waals surface area contributed by atoms with Gasteiger partial charge in [-0.1, -0.05) is 12.7 Å². The van der Waals surface area contributed by atoms with E-state index in [4.69, 9.17) is 0 Å². The van der Waals surface area contributed by atoms with Crippen molar-refractivity contribution in [1.82, 2.24) is 0 Å². The molecule has 4 heteroatoms. The van der Waals surface area contributed by atoms with Crippen LogP contribution in [0.5, 0.6) is 11.5 Å². The van der Waals surface area contributed by atoms with Gasteiger partial charge in [0.05, 0.1) is 5.69 Å². The minimum Gasteiger partial charge on any atom is -0.508 e. The number of hydrogen-bond donors (Lipinski definition) is 2. The second kappa shape index (κ2) is 5.79. The lowest BCUT2D eigenvalue weighted by molar-refractivity contribution is 0.432. The van der Waals surface area contributed by atoms with E-state index in [-0.39, 0.29) is 5.75 Å². The van der Waals surface area contributed by atoms with E-state index >= 15 is 0 Å². The van der Waals surface area contributed by atoms with E-state index in [0.29, 0.717) is 17.0 Å². The molecule has 0 heterocycles. The molecule has 3 nitrogen and oxygen atoms in total. The second-order valence-electron chi connectivity index (χ2n) is 4.75. The molecule has 0 aliphatic rings. The normalized spacial score (nSPS) is 11.5. The van der Waals surface area contributed by atoms with Crippen LogP contribution in [-0.2, 0) is 0 Å². The minimum atomic E-state index is -0.693. The van der Waals surface area contributed by atoms with Crippen LogP contribution >= 0.6 is 0 Å². The second-order valence-corrected chi connectivity index (χ2v) is 4.75. The molecule has 0 saturated carbocycles. The first-order chi connectivity index (χ1) is 9.92. The van der Waals surface area contributed by atoms with Crippen LogP contribution in [0.4, 0.5) is 10.1 Å². The SMILES string of the molecule is C=Cc1cc(O)cc(/N=C(\C)c2ccc(O)c(F)c2)c1C. The average molecular weight is 285 g/mol. The fourth-order valence-electron chi connectivity index (χ4n) is 2.01. The largest absolute Gasteiger partial charge is 0.508 e. The zero-order valence-corrected chi connectivity index (χ0v) is 11.9. The van der Waals surface area contributed by atoms with Crippen molar-refractivity contribution in [1.29, 1.82) is 0 Å². The average Bonchev–Trinajstić information content (AvgIpc) is 2.45. The number of hydrogen-bond acceptors (Lipinski definition) is 3. The summed E-state index contributed by atoms with van der Waals surface area (Å²) in [5.41, 5.74) is 3.40. The Morgan fingerprint density at radius 2 is 1.95 bits per heavy atom. The topological polar surface area (TPSA) is 52.8 Å². The van der Waals surface area contributed by atoms with Crippen molar-refractivity contribution >= 4 is 17.5 Å². The van der Waals surface area contributed by atoms with Gasteiger partial charge in [-0.3, -0.25) is 4.99 Å². The van der Waals surface area contributed by atoms with Gasteiger partial charge in [-0.25, -0.2) is 4.39 Å². The summed E-state index contributed by atoms with van der Waals surface area (Å²) in [6.45, 7) is 7.31. The molecule has 0 saturated heterocycles. The van der Waals surface area contributed by atoms with Crippen LogP contribution < -0.4 is 0 Å². The van der Waals surface area contributed by atoms with E-state index in [9.17, 15) is 14.6 Å². The van der Waals surface area contributed by atoms with Crippen LogP contribution in [0.2, 0.25) is 0 Å². The first-order valence-corrected chi connectivity index (χ1v) is 6.42. The van der Waals surface area contributed by atoms with Gasteiger partial charge in [0, 0.05) is 11.8 Å². The smallest absolute Gasteiger partial charge is 0.165 e. The highest BCUT2D eigenvalue weighted by molar-refractivity contribution is 6.00. The lowest BCUT2D eigenvalue weighted by Crippen LogP contribution is -1.95. The summed E-state index contributed by atoms with van der Waals surface area (Å²) < 4.78 is 13.4. The van der Waals surface area contributed by atoms with Crippen LogP contribution in [0.3, 0.4) is 0 Å². The Labute approximate surface area is 122 Å². The van der Waals surface area contributed by atoms with Crippen molar-refractivity contribution in [2.75, 3.05) is 0 Å². The Morgan fingerprint density at radius 1 is 1.24 bits per heavy atom. The highest BCUT2D eigenvalue weighted by atomic mass is 19.1. The molecule has 0 radical (unpaired) electrons. The maximum absolute atomic E-state index is 13.4. The molecule has 0 amide bonds. The molecular formula is C17H16FNO2. The number of benzene rings is 2. The van der Waals surface area contributed by atoms with Crippen molar-refractivity contribution in [3.05, 3.63) is 59.4 Å². The van der Waals surface area contributed by atoms with Gasteiger partial charge in [-0.2, -0.15) is 0 Å². The van der Waals surface area contributed by atoms with E-state index in [2.05, 4.69) is 11.6 Å². The van der Waals surface area contributed by atoms with E-state index in [1.54, 1.807) is 31.2 Å². The van der Waals surface area contributed by atoms with Crippen LogP contribution in [0.15, 0.2) is 41.9 Å². The highest BCUT2D eigenvalue weighted by Gasteiger charge is 2.07. The Kier molecular flexibility index (Phi) is 4.08. The molecule has 0 atom stereocenters. The van der Waals surface area contributed by atoms with E-state index in [1.165, 1.54) is 12.1 Å². The molecule has 0 unspecified atom stereocenters. The molecular weight excluding hydrogens is 269 g/mol. The predicted molar refractivity (Wildman–Crippen MR) is 82.9 cm³/mol. The van der Waals surface area contributed by atoms with Gasteiger partial charge in [0.2, 0.25) is 0 Å². The Balaban J connectivity index is 2.50. The molecule has 2 aromatic carbocycles. The number of rotatable bonds is 3. The summed E-state index contributed by atoms with van der Waals surface area (Å²) in [5, 5.41) is 18.9. The van der Waals surface area contributed by atoms with Crippen LogP contribution in [0.1, 0.15) is 23.6 Å². The van der Waals surface area contributed by atoms with Gasteiger partial charge >= 0.3 is 0 Å². The first kappa shape index (κ1) is 14.8. The molecule has 2 rings (SSSR count). The number of nitrogens with zero attached hydrogens (tertiary/aromatic N) is 1. The fourth-order valence-corrected chi connectivity index (χ4v) is 2.01. The molecule has 2 N–H and O–H groups in total. The summed E-state index contributed by atoms with van der Waals surface area (Å²) >= 11 is 0. The van der Waals surface area contributed by atoms with Gasteiger partial charge in [0.15, 0.2) is 11.6 Å². The van der Waals surface area contributed by atoms with Gasteiger partial charge < -0.3 is 10.2 Å². The summed E-state index contributed by atoms with van der Waals surface area (Å²) in [7, 11) is 0. The molecule has 0 aliphatic carbocycles. The number of phenols is 2. The summed E-state index contributed by atoms with van der Waals surface area (Å²) in [4.78, 5) is 4.43. The Bertz CT molecular complexity index is 736. The number of phenolic OH excluding ortho intramolecular Hbond substituents is 2. The molecule has 2 aromatic rings. The predicted octanol–water partition coefficient (Wildman–Crippen LogP) is 4.33. The van der Waals surface area contributed by atoms with Crippen molar-refractivity contribution in [3.63, 3.8) is 0 Å². The number of aromatic hydroxyl groups is 2. The van der Waals surface area contributed by atoms with Gasteiger partial charge in [0.25, 0.3) is 0 Å². The van der Waals surface area contributed by atoms with Crippen LogP contribution in [-0.4, -0.2) is 15.9 Å². The number of halogens is 1. The molecule has 0 fully saturated rings. The first-order valence-electron chi connectivity index (χ1n) is 6.42. The van der Waals surface area contributed by atoms with Gasteiger partial charge in [0.1, 0.15) is 5.75 Å². The lowest BCUT2D eigenvalue weighted by atomic mass is 10.1. The van der Waals surface area contributed by atoms with Gasteiger partial charge in [-0.15, -0.1) is 0 Å². The summed E-state index contributed by atoms with van der Waals surface area (Å²) in [5.74, 6) is -0.991. The molecule has 0 aromatic heterocycles. The third-order valence-electron chi connectivity index (χ3n) is 3.28. The Hall–Kier alpha value is -2.62. The minimum absolute atomic E-state index is 0.0962. The fraction of sp³-hybridized carbons (Fsp3) is 0.118. The van der Waals surface area contributed by atoms with E-state index in [0.717, 1.165) is 11.1 Å². The molecule has 21 heavy (non-hydrogen) atoms. The summed E-state index contributed by atoms with van der Waals surface area (Å²) in [6, 6.07) is 7.25. The van der Waals surface area contributed by atoms with E-state index < -0.39 is 11.6 Å². The standard InChI is InChI=1S/C17H16FNO2/c1-4-12-7-14(20)9-16(10(12)2)19-11(3)13-5-6-17(21)15(18)8-13/h4-9,20-21H,1H2,2-3H3/b19-11+. The third kappa shape index (κ3) is 3.11. The zero-order chi connectivity index (χ0) is 15.6. The number of aliphatic imine (C=N–C) groups is 1. The van der Waals surface area contributed by atoms with Crippen LogP contribution in [0, 0.1) is 12.7 Å². The van der Waals surface area contributed by atoms with Crippen molar-refractivity contribution in [3.8, 4) is 11.5 Å². The van der Waals surface area contributed by atoms with Crippen LogP contribution in [0.25, 0.3) is 6.08 Å². The lowest BCUT2D eigenvalue weighted by Gasteiger charge is -2.08. The third-order valence-corrected chi connectivity index (χ3v) is 3.28. The van der Waals surface area contributed by atoms with Crippen molar-refractivity contribution in [2.45, 2.75) is 13.8 Å².